The molecule has 2 N–H and O–H groups in total. The molecule has 0 aromatic heterocycles. The third-order valence-electron chi connectivity index (χ3n) is 2.36. The molecule has 1 saturated heterocycles. The quantitative estimate of drug-likeness (QED) is 0.533. The van der Waals surface area contributed by atoms with Crippen LogP contribution >= 0.6 is 11.8 Å². The fourth-order valence-electron chi connectivity index (χ4n) is 1.58. The minimum Gasteiger partial charge on any atom is -0.354 e. The van der Waals surface area contributed by atoms with Crippen LogP contribution in [0.25, 0.3) is 0 Å². The summed E-state index contributed by atoms with van der Waals surface area (Å²) >= 11 is 1.67. The van der Waals surface area contributed by atoms with E-state index in [0.717, 1.165) is 30.9 Å². The van der Waals surface area contributed by atoms with Crippen LogP contribution in [0.5, 0.6) is 0 Å². The molecule has 1 rings (SSSR count). The Morgan fingerprint density at radius 1 is 1.60 bits per heavy atom. The Morgan fingerprint density at radius 3 is 3.13 bits per heavy atom. The van der Waals surface area contributed by atoms with E-state index in [2.05, 4.69) is 16.6 Å². The van der Waals surface area contributed by atoms with Crippen LogP contribution in [0.4, 0.5) is 0 Å². The molecule has 84 valence electrons. The molecule has 0 saturated carbocycles. The van der Waals surface area contributed by atoms with E-state index >= 15 is 0 Å². The monoisotopic (exact) mass is 226 g/mol. The minimum absolute atomic E-state index is 0.0244. The molecule has 0 spiro atoms. The highest BCUT2D eigenvalue weighted by Gasteiger charge is 2.19. The second kappa shape index (κ2) is 7.61. The van der Waals surface area contributed by atoms with Crippen molar-refractivity contribution in [1.29, 1.82) is 0 Å². The topological polar surface area (TPSA) is 41.1 Å². The van der Waals surface area contributed by atoms with Gasteiger partial charge in [0.15, 0.2) is 0 Å². The summed E-state index contributed by atoms with van der Waals surface area (Å²) in [6.07, 6.45) is 8.41. The van der Waals surface area contributed by atoms with E-state index in [4.69, 9.17) is 6.42 Å². The maximum Gasteiger partial charge on any atom is 0.237 e. The SMILES string of the molecule is C#CCSCCNC(=O)[C@@H]1CCCCN1. The molecular formula is C11H18N2OS. The molecular weight excluding hydrogens is 208 g/mol. The molecule has 0 aromatic carbocycles. The van der Waals surface area contributed by atoms with E-state index in [1.165, 1.54) is 6.42 Å². The van der Waals surface area contributed by atoms with Crippen LogP contribution in [0.3, 0.4) is 0 Å². The highest BCUT2D eigenvalue weighted by molar-refractivity contribution is 7.99. The van der Waals surface area contributed by atoms with Crippen molar-refractivity contribution in [2.75, 3.05) is 24.6 Å². The first kappa shape index (κ1) is 12.4. The van der Waals surface area contributed by atoms with E-state index in [-0.39, 0.29) is 11.9 Å². The molecule has 0 unspecified atom stereocenters. The van der Waals surface area contributed by atoms with Gasteiger partial charge in [0.1, 0.15) is 0 Å². The molecule has 1 fully saturated rings. The average molecular weight is 226 g/mol. The van der Waals surface area contributed by atoms with Crippen LogP contribution in [0.2, 0.25) is 0 Å². The van der Waals surface area contributed by atoms with Crippen molar-refractivity contribution < 1.29 is 4.79 Å². The van der Waals surface area contributed by atoms with Gasteiger partial charge in [0, 0.05) is 12.3 Å². The molecule has 1 heterocycles. The number of hydrogen-bond acceptors (Lipinski definition) is 3. The van der Waals surface area contributed by atoms with Gasteiger partial charge in [0.2, 0.25) is 5.91 Å². The smallest absolute Gasteiger partial charge is 0.237 e. The molecule has 0 bridgehead atoms. The van der Waals surface area contributed by atoms with Crippen molar-refractivity contribution >= 4 is 17.7 Å². The van der Waals surface area contributed by atoms with Crippen LogP contribution in [0.15, 0.2) is 0 Å². The van der Waals surface area contributed by atoms with Crippen LogP contribution in [-0.4, -0.2) is 36.5 Å². The van der Waals surface area contributed by atoms with Gasteiger partial charge in [-0.3, -0.25) is 4.79 Å². The summed E-state index contributed by atoms with van der Waals surface area (Å²) in [6.45, 7) is 1.67. The van der Waals surface area contributed by atoms with Gasteiger partial charge in [-0.15, -0.1) is 18.2 Å². The Labute approximate surface area is 95.8 Å². The number of hydrogen-bond donors (Lipinski definition) is 2. The Hall–Kier alpha value is -0.660. The van der Waals surface area contributed by atoms with Crippen molar-refractivity contribution in [1.82, 2.24) is 10.6 Å². The lowest BCUT2D eigenvalue weighted by Crippen LogP contribution is -2.47. The summed E-state index contributed by atoms with van der Waals surface area (Å²) in [5, 5.41) is 6.14. The van der Waals surface area contributed by atoms with E-state index in [0.29, 0.717) is 6.54 Å². The van der Waals surface area contributed by atoms with Gasteiger partial charge < -0.3 is 10.6 Å². The summed E-state index contributed by atoms with van der Waals surface area (Å²) in [5.74, 6) is 4.30. The summed E-state index contributed by atoms with van der Waals surface area (Å²) in [6, 6.07) is 0.0244. The van der Waals surface area contributed by atoms with Gasteiger partial charge in [-0.2, -0.15) is 0 Å². The first-order chi connectivity index (χ1) is 7.34. The van der Waals surface area contributed by atoms with Crippen LogP contribution in [0.1, 0.15) is 19.3 Å². The zero-order chi connectivity index (χ0) is 10.9. The first-order valence-corrected chi connectivity index (χ1v) is 6.52. The molecule has 1 atom stereocenters. The van der Waals surface area contributed by atoms with E-state index in [9.17, 15) is 4.79 Å². The minimum atomic E-state index is 0.0244. The Morgan fingerprint density at radius 2 is 2.47 bits per heavy atom. The van der Waals surface area contributed by atoms with Gasteiger partial charge in [0.05, 0.1) is 11.8 Å². The van der Waals surface area contributed by atoms with Crippen LogP contribution in [0, 0.1) is 12.3 Å². The van der Waals surface area contributed by atoms with Crippen molar-refractivity contribution in [2.45, 2.75) is 25.3 Å². The lowest BCUT2D eigenvalue weighted by Gasteiger charge is -2.22. The summed E-state index contributed by atoms with van der Waals surface area (Å²) in [5.41, 5.74) is 0. The highest BCUT2D eigenvalue weighted by Crippen LogP contribution is 2.06. The van der Waals surface area contributed by atoms with Crippen molar-refractivity contribution in [3.05, 3.63) is 0 Å². The zero-order valence-electron chi connectivity index (χ0n) is 8.92. The number of nitrogens with one attached hydrogen (secondary N) is 2. The predicted molar refractivity (Wildman–Crippen MR) is 64.8 cm³/mol. The Bertz CT molecular complexity index is 231. The third kappa shape index (κ3) is 5.10. The predicted octanol–water partition coefficient (Wildman–Crippen LogP) is 0.611. The number of thioether (sulfide) groups is 1. The van der Waals surface area contributed by atoms with Crippen molar-refractivity contribution in [2.24, 2.45) is 0 Å². The third-order valence-corrected chi connectivity index (χ3v) is 3.22. The van der Waals surface area contributed by atoms with E-state index in [1.54, 1.807) is 11.8 Å². The summed E-state index contributed by atoms with van der Waals surface area (Å²) in [4.78, 5) is 11.6. The van der Waals surface area contributed by atoms with Crippen molar-refractivity contribution in [3.8, 4) is 12.3 Å². The Balaban J connectivity index is 2.05. The molecule has 15 heavy (non-hydrogen) atoms. The normalized spacial score (nSPS) is 20.6. The van der Waals surface area contributed by atoms with Crippen LogP contribution in [-0.2, 0) is 4.79 Å². The number of carbonyl (C=O) groups excluding carboxylic acids is 1. The fourth-order valence-corrected chi connectivity index (χ4v) is 2.08. The van der Waals surface area contributed by atoms with Crippen molar-refractivity contribution in [3.63, 3.8) is 0 Å². The molecule has 0 aromatic rings. The molecule has 0 radical (unpaired) electrons. The highest BCUT2D eigenvalue weighted by atomic mass is 32.2. The fraction of sp³-hybridized carbons (Fsp3) is 0.727. The number of terminal acetylenes is 1. The number of amides is 1. The molecule has 1 aliphatic rings. The van der Waals surface area contributed by atoms with Gasteiger partial charge >= 0.3 is 0 Å². The van der Waals surface area contributed by atoms with Gasteiger partial charge in [-0.05, 0) is 19.4 Å². The molecule has 3 nitrogen and oxygen atoms in total. The standard InChI is InChI=1S/C11H18N2OS/c1-2-8-15-9-7-13-11(14)10-5-3-4-6-12-10/h1,10,12H,3-9H2,(H,13,14)/t10-/m0/s1. The average Bonchev–Trinajstić information content (AvgIpc) is 2.30. The first-order valence-electron chi connectivity index (χ1n) is 5.37. The lowest BCUT2D eigenvalue weighted by molar-refractivity contribution is -0.123. The maximum atomic E-state index is 11.6. The largest absolute Gasteiger partial charge is 0.354 e. The maximum absolute atomic E-state index is 11.6. The molecule has 4 heteroatoms. The zero-order valence-corrected chi connectivity index (χ0v) is 9.74. The van der Waals surface area contributed by atoms with E-state index in [1.807, 2.05) is 0 Å². The summed E-state index contributed by atoms with van der Waals surface area (Å²) < 4.78 is 0. The Kier molecular flexibility index (Phi) is 6.29. The van der Waals surface area contributed by atoms with Gasteiger partial charge in [0.25, 0.3) is 0 Å². The second-order valence-electron chi connectivity index (χ2n) is 3.55. The summed E-state index contributed by atoms with van der Waals surface area (Å²) in [7, 11) is 0. The molecule has 1 amide bonds. The lowest BCUT2D eigenvalue weighted by atomic mass is 10.0. The number of rotatable bonds is 5. The second-order valence-corrected chi connectivity index (χ2v) is 4.66. The van der Waals surface area contributed by atoms with Gasteiger partial charge in [-0.25, -0.2) is 0 Å². The number of carbonyl (C=O) groups is 1. The molecule has 1 aliphatic heterocycles. The van der Waals surface area contributed by atoms with Gasteiger partial charge in [-0.1, -0.05) is 12.3 Å². The van der Waals surface area contributed by atoms with Crippen LogP contribution < -0.4 is 10.6 Å². The molecule has 0 aliphatic carbocycles. The van der Waals surface area contributed by atoms with E-state index < -0.39 is 0 Å². The number of piperidine rings is 1.